The number of aryl methyl sites for hydroxylation is 2. The lowest BCUT2D eigenvalue weighted by atomic mass is 9.97. The average Bonchev–Trinajstić information content (AvgIpc) is 2.44. The Labute approximate surface area is 136 Å². The van der Waals surface area contributed by atoms with Crippen LogP contribution < -0.4 is 4.72 Å². The van der Waals surface area contributed by atoms with Gasteiger partial charge in [0.15, 0.2) is 0 Å². The van der Waals surface area contributed by atoms with E-state index in [2.05, 4.69) is 61.0 Å². The highest BCUT2D eigenvalue weighted by atomic mass is 32.2. The van der Waals surface area contributed by atoms with E-state index in [0.29, 0.717) is 0 Å². The van der Waals surface area contributed by atoms with Gasteiger partial charge in [-0.1, -0.05) is 59.7 Å². The van der Waals surface area contributed by atoms with E-state index in [0.717, 1.165) is 11.1 Å². The van der Waals surface area contributed by atoms with E-state index in [1.165, 1.54) is 11.1 Å². The molecule has 0 saturated heterocycles. The first-order valence-electron chi connectivity index (χ1n) is 7.58. The summed E-state index contributed by atoms with van der Waals surface area (Å²) < 4.78 is 15.6. The van der Waals surface area contributed by atoms with E-state index in [1.54, 1.807) is 0 Å². The van der Waals surface area contributed by atoms with Crippen LogP contribution in [0.15, 0.2) is 48.5 Å². The molecule has 0 aliphatic rings. The smallest absolute Gasteiger partial charge is 0.0979 e. The van der Waals surface area contributed by atoms with E-state index < -0.39 is 11.0 Å². The standard InChI is InChI=1S/C19H25NOS/c1-14-9-11-16(12-10-14)18(20-22(21)19(3,4)5)17-8-6-7-15(2)13-17/h6-13,18,20H,1-5H3/t18-,22?/m0/s1. The predicted octanol–water partition coefficient (Wildman–Crippen LogP) is 4.44. The highest BCUT2D eigenvalue weighted by Crippen LogP contribution is 2.25. The van der Waals surface area contributed by atoms with Crippen molar-refractivity contribution in [2.24, 2.45) is 0 Å². The van der Waals surface area contributed by atoms with Gasteiger partial charge in [0.05, 0.1) is 21.8 Å². The molecule has 3 heteroatoms. The molecular formula is C19H25NOS. The van der Waals surface area contributed by atoms with E-state index in [4.69, 9.17) is 0 Å². The minimum absolute atomic E-state index is 0.0689. The van der Waals surface area contributed by atoms with E-state index in [-0.39, 0.29) is 10.8 Å². The van der Waals surface area contributed by atoms with Crippen molar-refractivity contribution in [3.63, 3.8) is 0 Å². The van der Waals surface area contributed by atoms with Crippen molar-refractivity contribution in [2.75, 3.05) is 0 Å². The van der Waals surface area contributed by atoms with Crippen LogP contribution in [0.4, 0.5) is 0 Å². The van der Waals surface area contributed by atoms with E-state index in [9.17, 15) is 4.21 Å². The fraction of sp³-hybridized carbons (Fsp3) is 0.368. The van der Waals surface area contributed by atoms with Gasteiger partial charge >= 0.3 is 0 Å². The molecule has 1 N–H and O–H groups in total. The maximum atomic E-state index is 12.6. The maximum absolute atomic E-state index is 12.6. The van der Waals surface area contributed by atoms with Crippen molar-refractivity contribution in [2.45, 2.75) is 45.4 Å². The molecular weight excluding hydrogens is 290 g/mol. The summed E-state index contributed by atoms with van der Waals surface area (Å²) in [5.41, 5.74) is 4.71. The molecule has 0 spiro atoms. The molecule has 0 aromatic heterocycles. The largest absolute Gasteiger partial charge is 0.242 e. The van der Waals surface area contributed by atoms with E-state index >= 15 is 0 Å². The van der Waals surface area contributed by atoms with Crippen LogP contribution in [-0.2, 0) is 11.0 Å². The Bertz CT molecular complexity index is 656. The molecule has 0 amide bonds. The molecule has 1 unspecified atom stereocenters. The topological polar surface area (TPSA) is 29.1 Å². The Balaban J connectivity index is 2.40. The first kappa shape index (κ1) is 16.9. The first-order chi connectivity index (χ1) is 10.3. The molecule has 118 valence electrons. The quantitative estimate of drug-likeness (QED) is 0.887. The fourth-order valence-electron chi connectivity index (χ4n) is 2.22. The summed E-state index contributed by atoms with van der Waals surface area (Å²) in [6.07, 6.45) is 0. The third kappa shape index (κ3) is 4.28. The summed E-state index contributed by atoms with van der Waals surface area (Å²) >= 11 is 0. The van der Waals surface area contributed by atoms with Crippen LogP contribution in [0.5, 0.6) is 0 Å². The molecule has 2 rings (SSSR count). The summed E-state index contributed by atoms with van der Waals surface area (Å²) in [5.74, 6) is 0. The zero-order chi connectivity index (χ0) is 16.3. The Morgan fingerprint density at radius 3 is 2.09 bits per heavy atom. The monoisotopic (exact) mass is 315 g/mol. The molecule has 2 nitrogen and oxygen atoms in total. The summed E-state index contributed by atoms with van der Waals surface area (Å²) in [6, 6.07) is 16.7. The van der Waals surface area contributed by atoms with Crippen LogP contribution in [0.25, 0.3) is 0 Å². The van der Waals surface area contributed by atoms with Crippen molar-refractivity contribution in [1.29, 1.82) is 0 Å². The van der Waals surface area contributed by atoms with Gasteiger partial charge in [-0.15, -0.1) is 0 Å². The van der Waals surface area contributed by atoms with Crippen LogP contribution >= 0.6 is 0 Å². The molecule has 0 fully saturated rings. The van der Waals surface area contributed by atoms with Gasteiger partial charge in [-0.05, 0) is 45.7 Å². The van der Waals surface area contributed by atoms with Crippen LogP contribution in [0.2, 0.25) is 0 Å². The normalized spacial score (nSPS) is 14.6. The van der Waals surface area contributed by atoms with Crippen molar-refractivity contribution >= 4 is 11.0 Å². The zero-order valence-corrected chi connectivity index (χ0v) is 14.8. The number of rotatable bonds is 4. The molecule has 0 aliphatic heterocycles. The van der Waals surface area contributed by atoms with Crippen molar-refractivity contribution < 1.29 is 4.21 Å². The van der Waals surface area contributed by atoms with Crippen LogP contribution in [0, 0.1) is 13.8 Å². The molecule has 0 saturated carbocycles. The van der Waals surface area contributed by atoms with Gasteiger partial charge in [0.1, 0.15) is 0 Å². The molecule has 0 bridgehead atoms. The molecule has 2 aromatic rings. The van der Waals surface area contributed by atoms with Gasteiger partial charge in [-0.25, -0.2) is 8.93 Å². The second-order valence-corrected chi connectivity index (χ2v) is 8.75. The number of benzene rings is 2. The second-order valence-electron chi connectivity index (χ2n) is 6.76. The Morgan fingerprint density at radius 2 is 1.55 bits per heavy atom. The lowest BCUT2D eigenvalue weighted by Crippen LogP contribution is -2.36. The third-order valence-electron chi connectivity index (χ3n) is 3.57. The van der Waals surface area contributed by atoms with Crippen LogP contribution in [-0.4, -0.2) is 8.96 Å². The number of hydrogen-bond acceptors (Lipinski definition) is 1. The Morgan fingerprint density at radius 1 is 0.909 bits per heavy atom. The van der Waals surface area contributed by atoms with Crippen molar-refractivity contribution in [3.05, 3.63) is 70.8 Å². The summed E-state index contributed by atoms with van der Waals surface area (Å²) in [7, 11) is -1.13. The van der Waals surface area contributed by atoms with Crippen LogP contribution in [0.3, 0.4) is 0 Å². The highest BCUT2D eigenvalue weighted by molar-refractivity contribution is 7.84. The average molecular weight is 315 g/mol. The lowest BCUT2D eigenvalue weighted by Gasteiger charge is -2.25. The SMILES string of the molecule is Cc1ccc([C@H](NS(=O)C(C)(C)C)c2cccc(C)c2)cc1. The molecule has 22 heavy (non-hydrogen) atoms. The van der Waals surface area contributed by atoms with Gasteiger partial charge < -0.3 is 0 Å². The van der Waals surface area contributed by atoms with Gasteiger partial charge in [0, 0.05) is 0 Å². The van der Waals surface area contributed by atoms with Gasteiger partial charge in [0.2, 0.25) is 0 Å². The third-order valence-corrected chi connectivity index (χ3v) is 5.13. The predicted molar refractivity (Wildman–Crippen MR) is 95.2 cm³/mol. The molecule has 2 aromatic carbocycles. The number of nitrogens with one attached hydrogen (secondary N) is 1. The van der Waals surface area contributed by atoms with Crippen molar-refractivity contribution in [1.82, 2.24) is 4.72 Å². The number of hydrogen-bond donors (Lipinski definition) is 1. The highest BCUT2D eigenvalue weighted by Gasteiger charge is 2.24. The molecule has 0 heterocycles. The molecule has 2 atom stereocenters. The summed E-state index contributed by atoms with van der Waals surface area (Å²) in [4.78, 5) is 0. The molecule has 0 radical (unpaired) electrons. The zero-order valence-electron chi connectivity index (χ0n) is 14.0. The second kappa shape index (κ2) is 6.76. The maximum Gasteiger partial charge on any atom is 0.0979 e. The summed E-state index contributed by atoms with van der Waals surface area (Å²) in [6.45, 7) is 10.1. The minimum Gasteiger partial charge on any atom is -0.242 e. The Kier molecular flexibility index (Phi) is 5.20. The Hall–Kier alpha value is -1.45. The lowest BCUT2D eigenvalue weighted by molar-refractivity contribution is 0.623. The van der Waals surface area contributed by atoms with Gasteiger partial charge in [-0.2, -0.15) is 0 Å². The van der Waals surface area contributed by atoms with Gasteiger partial charge in [-0.3, -0.25) is 0 Å². The minimum atomic E-state index is -1.13. The summed E-state index contributed by atoms with van der Waals surface area (Å²) in [5, 5.41) is 0. The molecule has 0 aliphatic carbocycles. The first-order valence-corrected chi connectivity index (χ1v) is 8.73. The fourth-order valence-corrected chi connectivity index (χ4v) is 3.06. The van der Waals surface area contributed by atoms with E-state index in [1.807, 2.05) is 26.8 Å². The van der Waals surface area contributed by atoms with Crippen LogP contribution in [0.1, 0.15) is 49.1 Å². The van der Waals surface area contributed by atoms with Crippen molar-refractivity contribution in [3.8, 4) is 0 Å². The van der Waals surface area contributed by atoms with Gasteiger partial charge in [0.25, 0.3) is 0 Å².